The highest BCUT2D eigenvalue weighted by molar-refractivity contribution is 5.85. The van der Waals surface area contributed by atoms with Gasteiger partial charge in [-0.3, -0.25) is 4.90 Å². The van der Waals surface area contributed by atoms with Crippen LogP contribution in [0.4, 0.5) is 0 Å². The van der Waals surface area contributed by atoms with E-state index in [0.29, 0.717) is 18.1 Å². The zero-order chi connectivity index (χ0) is 19.5. The highest BCUT2D eigenvalue weighted by Crippen LogP contribution is 2.27. The Morgan fingerprint density at radius 2 is 1.69 bits per heavy atom. The quantitative estimate of drug-likeness (QED) is 0.505. The lowest BCUT2D eigenvalue weighted by Crippen LogP contribution is -2.38. The summed E-state index contributed by atoms with van der Waals surface area (Å²) in [7, 11) is 0. The first-order chi connectivity index (χ1) is 14.4. The molecule has 0 radical (unpaired) electrons. The molecule has 148 valence electrons. The molecule has 1 fully saturated rings. The number of hydrogen-bond donors (Lipinski definition) is 0. The molecule has 0 atom stereocenters. The third-order valence-corrected chi connectivity index (χ3v) is 5.45. The maximum absolute atomic E-state index is 5.67. The SMILES string of the molecule is c1ccc(Cc2noc(-c3cc4ccccc4n3CCN3CCOCC3)n2)cc1. The van der Waals surface area contributed by atoms with Gasteiger partial charge in [0.05, 0.1) is 13.2 Å². The number of rotatable bonds is 6. The number of nitrogens with zero attached hydrogens (tertiary/aromatic N) is 4. The number of benzene rings is 2. The van der Waals surface area contributed by atoms with E-state index < -0.39 is 0 Å². The molecule has 29 heavy (non-hydrogen) atoms. The summed E-state index contributed by atoms with van der Waals surface area (Å²) in [6, 6.07) is 20.8. The fourth-order valence-corrected chi connectivity index (χ4v) is 3.90. The Kier molecular flexibility index (Phi) is 5.11. The predicted molar refractivity (Wildman–Crippen MR) is 112 cm³/mol. The largest absolute Gasteiger partial charge is 0.379 e. The van der Waals surface area contributed by atoms with Gasteiger partial charge >= 0.3 is 0 Å². The first-order valence-corrected chi connectivity index (χ1v) is 10.1. The number of para-hydroxylation sites is 1. The van der Waals surface area contributed by atoms with Crippen molar-refractivity contribution in [1.29, 1.82) is 0 Å². The van der Waals surface area contributed by atoms with Crippen LogP contribution in [0.15, 0.2) is 65.2 Å². The molecule has 0 amide bonds. The molecule has 1 aliphatic heterocycles. The van der Waals surface area contributed by atoms with Gasteiger partial charge in [0.1, 0.15) is 5.69 Å². The first-order valence-electron chi connectivity index (χ1n) is 10.1. The van der Waals surface area contributed by atoms with Crippen molar-refractivity contribution in [2.45, 2.75) is 13.0 Å². The molecule has 4 aromatic rings. The van der Waals surface area contributed by atoms with Crippen molar-refractivity contribution in [3.05, 3.63) is 72.1 Å². The predicted octanol–water partition coefficient (Wildman–Crippen LogP) is 3.61. The number of aromatic nitrogens is 3. The maximum atomic E-state index is 5.67. The zero-order valence-corrected chi connectivity index (χ0v) is 16.3. The number of morpholine rings is 1. The van der Waals surface area contributed by atoms with E-state index in [-0.39, 0.29) is 0 Å². The van der Waals surface area contributed by atoms with Crippen molar-refractivity contribution >= 4 is 10.9 Å². The van der Waals surface area contributed by atoms with E-state index >= 15 is 0 Å². The lowest BCUT2D eigenvalue weighted by atomic mass is 10.1. The number of fused-ring (bicyclic) bond motifs is 1. The summed E-state index contributed by atoms with van der Waals surface area (Å²) in [4.78, 5) is 7.14. The highest BCUT2D eigenvalue weighted by atomic mass is 16.5. The molecule has 2 aromatic carbocycles. The van der Waals surface area contributed by atoms with E-state index in [0.717, 1.165) is 45.1 Å². The molecule has 6 heteroatoms. The van der Waals surface area contributed by atoms with Crippen LogP contribution < -0.4 is 0 Å². The molecule has 0 aliphatic carbocycles. The molecule has 5 rings (SSSR count). The van der Waals surface area contributed by atoms with Crippen LogP contribution in [-0.2, 0) is 17.7 Å². The Labute approximate surface area is 169 Å². The average Bonchev–Trinajstić information content (AvgIpc) is 3.38. The summed E-state index contributed by atoms with van der Waals surface area (Å²) in [6.07, 6.45) is 0.665. The summed E-state index contributed by atoms with van der Waals surface area (Å²) in [6.45, 7) is 5.43. The van der Waals surface area contributed by atoms with Gasteiger partial charge in [-0.15, -0.1) is 0 Å². The Hall–Kier alpha value is -2.96. The van der Waals surface area contributed by atoms with E-state index in [1.54, 1.807) is 0 Å². The van der Waals surface area contributed by atoms with Gasteiger partial charge in [0.15, 0.2) is 5.82 Å². The van der Waals surface area contributed by atoms with Crippen molar-refractivity contribution in [2.24, 2.45) is 0 Å². The minimum Gasteiger partial charge on any atom is -0.379 e. The summed E-state index contributed by atoms with van der Waals surface area (Å²) < 4.78 is 13.4. The molecule has 6 nitrogen and oxygen atoms in total. The summed E-state index contributed by atoms with van der Waals surface area (Å²) >= 11 is 0. The molecule has 3 heterocycles. The van der Waals surface area contributed by atoms with Crippen molar-refractivity contribution in [2.75, 3.05) is 32.8 Å². The standard InChI is InChI=1S/C23H24N4O2/c1-2-6-18(7-3-1)16-22-24-23(29-25-22)21-17-19-8-4-5-9-20(19)27(21)11-10-26-12-14-28-15-13-26/h1-9,17H,10-16H2. The molecule has 1 saturated heterocycles. The van der Waals surface area contributed by atoms with E-state index in [1.165, 1.54) is 16.5 Å². The molecule has 0 spiro atoms. The second-order valence-corrected chi connectivity index (χ2v) is 7.37. The lowest BCUT2D eigenvalue weighted by molar-refractivity contribution is 0.0366. The van der Waals surface area contributed by atoms with Gasteiger partial charge in [0.2, 0.25) is 0 Å². The van der Waals surface area contributed by atoms with Gasteiger partial charge in [0.25, 0.3) is 5.89 Å². The van der Waals surface area contributed by atoms with Crippen molar-refractivity contribution in [1.82, 2.24) is 19.6 Å². The second-order valence-electron chi connectivity index (χ2n) is 7.37. The Morgan fingerprint density at radius 3 is 2.55 bits per heavy atom. The molecular formula is C23H24N4O2. The molecule has 0 saturated carbocycles. The first kappa shape index (κ1) is 18.1. The van der Waals surface area contributed by atoms with Crippen LogP contribution in [0, 0.1) is 0 Å². The zero-order valence-electron chi connectivity index (χ0n) is 16.3. The van der Waals surface area contributed by atoms with Crippen molar-refractivity contribution < 1.29 is 9.26 Å². The Morgan fingerprint density at radius 1 is 0.897 bits per heavy atom. The summed E-state index contributed by atoms with van der Waals surface area (Å²) in [5.74, 6) is 1.28. The van der Waals surface area contributed by atoms with Crippen LogP contribution >= 0.6 is 0 Å². The molecular weight excluding hydrogens is 364 g/mol. The van der Waals surface area contributed by atoms with Gasteiger partial charge in [-0.2, -0.15) is 4.98 Å². The lowest BCUT2D eigenvalue weighted by Gasteiger charge is -2.27. The normalized spacial score (nSPS) is 15.2. The molecule has 0 bridgehead atoms. The van der Waals surface area contributed by atoms with Gasteiger partial charge in [-0.25, -0.2) is 0 Å². The van der Waals surface area contributed by atoms with Crippen molar-refractivity contribution in [3.8, 4) is 11.6 Å². The van der Waals surface area contributed by atoms with Crippen LogP contribution in [0.1, 0.15) is 11.4 Å². The molecule has 0 N–H and O–H groups in total. The molecule has 1 aliphatic rings. The van der Waals surface area contributed by atoms with Crippen LogP contribution in [0.2, 0.25) is 0 Å². The smallest absolute Gasteiger partial charge is 0.274 e. The minimum atomic E-state index is 0.578. The number of hydrogen-bond acceptors (Lipinski definition) is 5. The van der Waals surface area contributed by atoms with Gasteiger partial charge in [-0.1, -0.05) is 53.7 Å². The second kappa shape index (κ2) is 8.19. The molecule has 2 aromatic heterocycles. The molecule has 0 unspecified atom stereocenters. The van der Waals surface area contributed by atoms with E-state index in [9.17, 15) is 0 Å². The Balaban J connectivity index is 1.43. The van der Waals surface area contributed by atoms with Crippen LogP contribution in [0.5, 0.6) is 0 Å². The average molecular weight is 388 g/mol. The Bertz CT molecular complexity index is 1080. The summed E-state index contributed by atoms with van der Waals surface area (Å²) in [5.41, 5.74) is 3.34. The summed E-state index contributed by atoms with van der Waals surface area (Å²) in [5, 5.41) is 5.41. The van der Waals surface area contributed by atoms with E-state index in [2.05, 4.69) is 57.1 Å². The fourth-order valence-electron chi connectivity index (χ4n) is 3.90. The topological polar surface area (TPSA) is 56.3 Å². The highest BCUT2D eigenvalue weighted by Gasteiger charge is 2.18. The number of ether oxygens (including phenoxy) is 1. The van der Waals surface area contributed by atoms with Crippen LogP contribution in [-0.4, -0.2) is 52.5 Å². The van der Waals surface area contributed by atoms with E-state index in [1.807, 2.05) is 18.2 Å². The van der Waals surface area contributed by atoms with E-state index in [4.69, 9.17) is 14.2 Å². The van der Waals surface area contributed by atoms with Gasteiger partial charge in [-0.05, 0) is 17.7 Å². The van der Waals surface area contributed by atoms with Gasteiger partial charge < -0.3 is 13.8 Å². The minimum absolute atomic E-state index is 0.578. The maximum Gasteiger partial charge on any atom is 0.274 e. The van der Waals surface area contributed by atoms with Crippen molar-refractivity contribution in [3.63, 3.8) is 0 Å². The van der Waals surface area contributed by atoms with Crippen LogP contribution in [0.3, 0.4) is 0 Å². The monoisotopic (exact) mass is 388 g/mol. The van der Waals surface area contributed by atoms with Crippen LogP contribution in [0.25, 0.3) is 22.5 Å². The van der Waals surface area contributed by atoms with Gasteiger partial charge in [0, 0.05) is 43.5 Å². The fraction of sp³-hybridized carbons (Fsp3) is 0.304. The third kappa shape index (κ3) is 3.95. The third-order valence-electron chi connectivity index (χ3n) is 5.45.